The predicted molar refractivity (Wildman–Crippen MR) is 91.1 cm³/mol. The standard InChI is InChI=1S/C18H23FN4/c19-16-9-5-4-6-14(16)10-11-20-17-12-18(22-13-21-17)23-15-7-2-1-3-8-15/h4-6,9,12-13,15H,1-3,7-8,10-11H2,(H2,20,21,22,23). The minimum Gasteiger partial charge on any atom is -0.370 e. The number of halogens is 1. The highest BCUT2D eigenvalue weighted by atomic mass is 19.1. The molecule has 23 heavy (non-hydrogen) atoms. The Balaban J connectivity index is 1.52. The smallest absolute Gasteiger partial charge is 0.131 e. The van der Waals surface area contributed by atoms with Crippen molar-refractivity contribution in [1.29, 1.82) is 0 Å². The van der Waals surface area contributed by atoms with Crippen molar-refractivity contribution in [1.82, 2.24) is 9.97 Å². The van der Waals surface area contributed by atoms with E-state index in [-0.39, 0.29) is 5.82 Å². The van der Waals surface area contributed by atoms with Crippen molar-refractivity contribution in [3.05, 3.63) is 48.0 Å². The van der Waals surface area contributed by atoms with Crippen LogP contribution in [0.1, 0.15) is 37.7 Å². The molecular formula is C18H23FN4. The van der Waals surface area contributed by atoms with Crippen LogP contribution in [0.4, 0.5) is 16.0 Å². The molecule has 3 rings (SSSR count). The van der Waals surface area contributed by atoms with Gasteiger partial charge in [-0.2, -0.15) is 0 Å². The van der Waals surface area contributed by atoms with E-state index >= 15 is 0 Å². The number of aromatic nitrogens is 2. The van der Waals surface area contributed by atoms with Crippen LogP contribution in [0.15, 0.2) is 36.7 Å². The Hall–Kier alpha value is -2.17. The van der Waals surface area contributed by atoms with Gasteiger partial charge in [0.1, 0.15) is 23.8 Å². The summed E-state index contributed by atoms with van der Waals surface area (Å²) in [7, 11) is 0. The average Bonchev–Trinajstić information content (AvgIpc) is 2.58. The van der Waals surface area contributed by atoms with Crippen LogP contribution in [0.2, 0.25) is 0 Å². The Kier molecular flexibility index (Phi) is 5.40. The van der Waals surface area contributed by atoms with E-state index < -0.39 is 0 Å². The maximum Gasteiger partial charge on any atom is 0.131 e. The van der Waals surface area contributed by atoms with E-state index in [4.69, 9.17) is 0 Å². The molecule has 0 radical (unpaired) electrons. The lowest BCUT2D eigenvalue weighted by Gasteiger charge is -2.23. The molecule has 2 aromatic rings. The van der Waals surface area contributed by atoms with Crippen LogP contribution in [-0.4, -0.2) is 22.6 Å². The fourth-order valence-electron chi connectivity index (χ4n) is 3.02. The lowest BCUT2D eigenvalue weighted by Crippen LogP contribution is -2.23. The summed E-state index contributed by atoms with van der Waals surface area (Å²) in [5.41, 5.74) is 0.717. The second kappa shape index (κ2) is 7.90. The summed E-state index contributed by atoms with van der Waals surface area (Å²) in [6.07, 6.45) is 8.52. The van der Waals surface area contributed by atoms with E-state index in [9.17, 15) is 4.39 Å². The van der Waals surface area contributed by atoms with E-state index in [1.807, 2.05) is 18.2 Å². The van der Waals surface area contributed by atoms with Gasteiger partial charge in [-0.05, 0) is 30.9 Å². The SMILES string of the molecule is Fc1ccccc1CCNc1cc(NC2CCCCC2)ncn1. The molecular weight excluding hydrogens is 291 g/mol. The molecule has 1 aliphatic carbocycles. The van der Waals surface area contributed by atoms with Crippen LogP contribution in [0.3, 0.4) is 0 Å². The van der Waals surface area contributed by atoms with Crippen LogP contribution >= 0.6 is 0 Å². The molecule has 0 spiro atoms. The van der Waals surface area contributed by atoms with Gasteiger partial charge in [-0.25, -0.2) is 14.4 Å². The highest BCUT2D eigenvalue weighted by Crippen LogP contribution is 2.21. The van der Waals surface area contributed by atoms with Gasteiger partial charge in [-0.1, -0.05) is 37.5 Å². The third-order valence-electron chi connectivity index (χ3n) is 4.28. The van der Waals surface area contributed by atoms with Crippen molar-refractivity contribution in [2.45, 2.75) is 44.6 Å². The first kappa shape index (κ1) is 15.7. The summed E-state index contributed by atoms with van der Waals surface area (Å²) >= 11 is 0. The van der Waals surface area contributed by atoms with Crippen LogP contribution in [-0.2, 0) is 6.42 Å². The zero-order valence-electron chi connectivity index (χ0n) is 13.3. The number of hydrogen-bond acceptors (Lipinski definition) is 4. The molecule has 0 aliphatic heterocycles. The first-order chi connectivity index (χ1) is 11.3. The number of rotatable bonds is 6. The number of anilines is 2. The molecule has 4 nitrogen and oxygen atoms in total. The van der Waals surface area contributed by atoms with Crippen LogP contribution in [0.25, 0.3) is 0 Å². The predicted octanol–water partition coefficient (Wildman–Crippen LogP) is 4.01. The van der Waals surface area contributed by atoms with Gasteiger partial charge < -0.3 is 10.6 Å². The molecule has 122 valence electrons. The lowest BCUT2D eigenvalue weighted by molar-refractivity contribution is 0.462. The minimum atomic E-state index is -0.156. The van der Waals surface area contributed by atoms with Crippen molar-refractivity contribution in [2.75, 3.05) is 17.2 Å². The largest absolute Gasteiger partial charge is 0.370 e. The summed E-state index contributed by atoms with van der Waals surface area (Å²) in [4.78, 5) is 8.52. The van der Waals surface area contributed by atoms with E-state index in [1.54, 1.807) is 12.4 Å². The molecule has 1 aromatic carbocycles. The molecule has 1 saturated carbocycles. The number of benzene rings is 1. The number of hydrogen-bond donors (Lipinski definition) is 2. The Morgan fingerprint density at radius 2 is 1.83 bits per heavy atom. The van der Waals surface area contributed by atoms with Gasteiger partial charge in [-0.15, -0.1) is 0 Å². The molecule has 1 aliphatic rings. The van der Waals surface area contributed by atoms with Crippen LogP contribution < -0.4 is 10.6 Å². The lowest BCUT2D eigenvalue weighted by atomic mass is 9.95. The molecule has 2 N–H and O–H groups in total. The van der Waals surface area contributed by atoms with E-state index in [0.29, 0.717) is 19.0 Å². The zero-order valence-corrected chi connectivity index (χ0v) is 13.3. The van der Waals surface area contributed by atoms with Crippen molar-refractivity contribution in [3.8, 4) is 0 Å². The quantitative estimate of drug-likeness (QED) is 0.845. The fourth-order valence-corrected chi connectivity index (χ4v) is 3.02. The second-order valence-corrected chi connectivity index (χ2v) is 6.04. The summed E-state index contributed by atoms with van der Waals surface area (Å²) in [5.74, 6) is 1.48. The molecule has 0 bridgehead atoms. The zero-order chi connectivity index (χ0) is 15.9. The third kappa shape index (κ3) is 4.65. The molecule has 5 heteroatoms. The normalized spacial score (nSPS) is 15.3. The van der Waals surface area contributed by atoms with E-state index in [2.05, 4.69) is 20.6 Å². The van der Waals surface area contributed by atoms with Gasteiger partial charge in [0.05, 0.1) is 0 Å². The van der Waals surface area contributed by atoms with Crippen molar-refractivity contribution < 1.29 is 4.39 Å². The maximum absolute atomic E-state index is 13.6. The molecule has 1 fully saturated rings. The summed E-state index contributed by atoms with van der Waals surface area (Å²) in [6, 6.07) is 9.31. The highest BCUT2D eigenvalue weighted by molar-refractivity contribution is 5.47. The maximum atomic E-state index is 13.6. The first-order valence-corrected chi connectivity index (χ1v) is 8.37. The molecule has 0 atom stereocenters. The fraction of sp³-hybridized carbons (Fsp3) is 0.444. The third-order valence-corrected chi connectivity index (χ3v) is 4.28. The Labute approximate surface area is 136 Å². The summed E-state index contributed by atoms with van der Waals surface area (Å²) in [6.45, 7) is 0.640. The second-order valence-electron chi connectivity index (χ2n) is 6.04. The Bertz CT molecular complexity index is 626. The van der Waals surface area contributed by atoms with Gasteiger partial charge in [0, 0.05) is 18.7 Å². The molecule has 0 unspecified atom stereocenters. The monoisotopic (exact) mass is 314 g/mol. The first-order valence-electron chi connectivity index (χ1n) is 8.37. The van der Waals surface area contributed by atoms with Crippen LogP contribution in [0, 0.1) is 5.82 Å². The topological polar surface area (TPSA) is 49.8 Å². The molecule has 1 heterocycles. The van der Waals surface area contributed by atoms with Gasteiger partial charge in [0.25, 0.3) is 0 Å². The highest BCUT2D eigenvalue weighted by Gasteiger charge is 2.13. The van der Waals surface area contributed by atoms with Gasteiger partial charge in [0.15, 0.2) is 0 Å². The van der Waals surface area contributed by atoms with E-state index in [0.717, 1.165) is 17.2 Å². The Morgan fingerprint density at radius 3 is 2.65 bits per heavy atom. The van der Waals surface area contributed by atoms with Crippen molar-refractivity contribution in [3.63, 3.8) is 0 Å². The number of nitrogens with zero attached hydrogens (tertiary/aromatic N) is 2. The minimum absolute atomic E-state index is 0.156. The van der Waals surface area contributed by atoms with Gasteiger partial charge >= 0.3 is 0 Å². The van der Waals surface area contributed by atoms with Crippen molar-refractivity contribution in [2.24, 2.45) is 0 Å². The summed E-state index contributed by atoms with van der Waals surface area (Å²) in [5, 5.41) is 6.73. The molecule has 0 saturated heterocycles. The molecule has 1 aromatic heterocycles. The average molecular weight is 314 g/mol. The van der Waals surface area contributed by atoms with E-state index in [1.165, 1.54) is 38.2 Å². The summed E-state index contributed by atoms with van der Waals surface area (Å²) < 4.78 is 13.6. The molecule has 0 amide bonds. The van der Waals surface area contributed by atoms with Gasteiger partial charge in [0.2, 0.25) is 0 Å². The van der Waals surface area contributed by atoms with Crippen molar-refractivity contribution >= 4 is 11.6 Å². The number of nitrogens with one attached hydrogen (secondary N) is 2. The van der Waals surface area contributed by atoms with Gasteiger partial charge in [-0.3, -0.25) is 0 Å². The Morgan fingerprint density at radius 1 is 1.04 bits per heavy atom. The van der Waals surface area contributed by atoms with Crippen LogP contribution in [0.5, 0.6) is 0 Å².